The Labute approximate surface area is 119 Å². The second-order valence-corrected chi connectivity index (χ2v) is 5.21. The van der Waals surface area contributed by atoms with Crippen molar-refractivity contribution < 1.29 is 22.4 Å². The molecule has 1 atom stereocenters. The van der Waals surface area contributed by atoms with Gasteiger partial charge in [0.15, 0.2) is 0 Å². The van der Waals surface area contributed by atoms with E-state index >= 15 is 0 Å². The number of fused-ring (bicyclic) bond motifs is 3. The van der Waals surface area contributed by atoms with Crippen molar-refractivity contribution in [2.75, 3.05) is 6.54 Å². The quantitative estimate of drug-likeness (QED) is 0.740. The summed E-state index contributed by atoms with van der Waals surface area (Å²) in [5.41, 5.74) is 1.34. The van der Waals surface area contributed by atoms with E-state index in [1.54, 1.807) is 13.0 Å². The largest absolute Gasteiger partial charge is 0.471 e. The molecular weight excluding hydrogens is 283 g/mol. The Balaban J connectivity index is 2.09. The van der Waals surface area contributed by atoms with Crippen LogP contribution in [0.1, 0.15) is 30.7 Å². The Morgan fingerprint density at radius 3 is 2.76 bits per heavy atom. The molecule has 1 aliphatic heterocycles. The summed E-state index contributed by atoms with van der Waals surface area (Å²) in [4.78, 5) is 12.5. The van der Waals surface area contributed by atoms with Gasteiger partial charge in [-0.15, -0.1) is 0 Å². The topological polar surface area (TPSA) is 33.5 Å². The predicted molar refractivity (Wildman–Crippen MR) is 70.7 cm³/mol. The van der Waals surface area contributed by atoms with Crippen LogP contribution in [0.2, 0.25) is 0 Å². The molecule has 0 saturated carbocycles. The maximum atomic E-state index is 12.7. The number of carbonyl (C=O) groups is 1. The van der Waals surface area contributed by atoms with E-state index in [1.165, 1.54) is 0 Å². The lowest BCUT2D eigenvalue weighted by molar-refractivity contribution is -0.187. The number of hydrogen-bond acceptors (Lipinski definition) is 2. The standard InChI is InChI=1S/C15H14F3NO2/c1-9-13-10-5-2-3-6-11(10)21-12(13)7-4-8-19(9)14(20)15(16,17)18/h2-3,5-6,9H,4,7-8H2,1H3. The van der Waals surface area contributed by atoms with E-state index in [1.807, 2.05) is 18.2 Å². The van der Waals surface area contributed by atoms with Gasteiger partial charge >= 0.3 is 12.1 Å². The lowest BCUT2D eigenvalue weighted by atomic mass is 10.0. The van der Waals surface area contributed by atoms with Gasteiger partial charge in [0.25, 0.3) is 0 Å². The molecule has 1 aromatic heterocycles. The third kappa shape index (κ3) is 2.28. The van der Waals surface area contributed by atoms with Crippen molar-refractivity contribution in [1.29, 1.82) is 0 Å². The van der Waals surface area contributed by atoms with E-state index in [9.17, 15) is 18.0 Å². The summed E-state index contributed by atoms with van der Waals surface area (Å²) < 4.78 is 44.0. The minimum absolute atomic E-state index is 0.0814. The number of amides is 1. The third-order valence-corrected chi connectivity index (χ3v) is 3.90. The molecule has 112 valence electrons. The van der Waals surface area contributed by atoms with Crippen LogP contribution in [0.3, 0.4) is 0 Å². The molecule has 1 aliphatic rings. The molecule has 0 bridgehead atoms. The number of aryl methyl sites for hydroxylation is 1. The Hall–Kier alpha value is -1.98. The first-order valence-electron chi connectivity index (χ1n) is 6.77. The summed E-state index contributed by atoms with van der Waals surface area (Å²) in [6.07, 6.45) is -3.85. The maximum Gasteiger partial charge on any atom is 0.471 e. The molecular formula is C15H14F3NO2. The molecule has 1 aromatic carbocycles. The molecule has 21 heavy (non-hydrogen) atoms. The average molecular weight is 297 g/mol. The van der Waals surface area contributed by atoms with Crippen LogP contribution in [0.15, 0.2) is 28.7 Å². The zero-order valence-electron chi connectivity index (χ0n) is 11.4. The zero-order valence-corrected chi connectivity index (χ0v) is 11.4. The van der Waals surface area contributed by atoms with Crippen molar-refractivity contribution in [1.82, 2.24) is 4.90 Å². The zero-order chi connectivity index (χ0) is 15.2. The summed E-state index contributed by atoms with van der Waals surface area (Å²) in [7, 11) is 0. The van der Waals surface area contributed by atoms with Crippen LogP contribution < -0.4 is 0 Å². The molecule has 3 nitrogen and oxygen atoms in total. The van der Waals surface area contributed by atoms with E-state index < -0.39 is 18.1 Å². The minimum atomic E-state index is -4.85. The molecule has 0 radical (unpaired) electrons. The molecule has 0 fully saturated rings. The van der Waals surface area contributed by atoms with Crippen LogP contribution in [0, 0.1) is 0 Å². The van der Waals surface area contributed by atoms with Gasteiger partial charge in [-0.3, -0.25) is 4.79 Å². The normalized spacial score (nSPS) is 19.4. The fourth-order valence-corrected chi connectivity index (χ4v) is 2.96. The molecule has 2 aromatic rings. The Bertz CT molecular complexity index is 690. The first-order valence-corrected chi connectivity index (χ1v) is 6.77. The fraction of sp³-hybridized carbons (Fsp3) is 0.400. The summed E-state index contributed by atoms with van der Waals surface area (Å²) in [5.74, 6) is -1.10. The lowest BCUT2D eigenvalue weighted by Gasteiger charge is -2.28. The average Bonchev–Trinajstić information content (AvgIpc) is 2.71. The molecule has 0 aliphatic carbocycles. The Morgan fingerprint density at radius 2 is 2.05 bits per heavy atom. The number of halogens is 3. The molecule has 3 rings (SSSR count). The van der Waals surface area contributed by atoms with Crippen LogP contribution in [0.4, 0.5) is 13.2 Å². The number of nitrogens with zero attached hydrogens (tertiary/aromatic N) is 1. The van der Waals surface area contributed by atoms with Crippen molar-refractivity contribution >= 4 is 16.9 Å². The molecule has 0 N–H and O–H groups in total. The molecule has 6 heteroatoms. The van der Waals surface area contributed by atoms with Gasteiger partial charge in [-0.1, -0.05) is 18.2 Å². The molecule has 1 amide bonds. The van der Waals surface area contributed by atoms with Gasteiger partial charge in [0, 0.05) is 23.9 Å². The number of para-hydroxylation sites is 1. The van der Waals surface area contributed by atoms with Crippen molar-refractivity contribution in [3.05, 3.63) is 35.6 Å². The highest BCUT2D eigenvalue weighted by Gasteiger charge is 2.45. The molecule has 0 spiro atoms. The molecule has 2 heterocycles. The maximum absolute atomic E-state index is 12.7. The fourth-order valence-electron chi connectivity index (χ4n) is 2.96. The van der Waals surface area contributed by atoms with Crippen molar-refractivity contribution in [2.45, 2.75) is 32.0 Å². The Morgan fingerprint density at radius 1 is 1.33 bits per heavy atom. The summed E-state index contributed by atoms with van der Waals surface area (Å²) >= 11 is 0. The highest BCUT2D eigenvalue weighted by Crippen LogP contribution is 2.38. The predicted octanol–water partition coefficient (Wildman–Crippen LogP) is 3.83. The molecule has 1 unspecified atom stereocenters. The molecule has 0 saturated heterocycles. The van der Waals surface area contributed by atoms with Gasteiger partial charge < -0.3 is 9.32 Å². The van der Waals surface area contributed by atoms with Gasteiger partial charge in [0.2, 0.25) is 0 Å². The summed E-state index contributed by atoms with van der Waals surface area (Å²) in [6.45, 7) is 1.70. The van der Waals surface area contributed by atoms with Gasteiger partial charge in [0.1, 0.15) is 11.3 Å². The number of hydrogen-bond donors (Lipinski definition) is 0. The lowest BCUT2D eigenvalue weighted by Crippen LogP contribution is -2.42. The summed E-state index contributed by atoms with van der Waals surface area (Å²) in [5, 5.41) is 0.780. The third-order valence-electron chi connectivity index (χ3n) is 3.90. The van der Waals surface area contributed by atoms with Crippen LogP contribution in [0.25, 0.3) is 11.0 Å². The van der Waals surface area contributed by atoms with Crippen molar-refractivity contribution in [3.8, 4) is 0 Å². The van der Waals surface area contributed by atoms with Crippen LogP contribution in [-0.4, -0.2) is 23.5 Å². The number of alkyl halides is 3. The summed E-state index contributed by atoms with van der Waals surface area (Å²) in [6, 6.07) is 6.57. The minimum Gasteiger partial charge on any atom is -0.461 e. The Kier molecular flexibility index (Phi) is 3.19. The van der Waals surface area contributed by atoms with Crippen molar-refractivity contribution in [2.24, 2.45) is 0 Å². The number of rotatable bonds is 0. The number of benzene rings is 1. The van der Waals surface area contributed by atoms with E-state index in [4.69, 9.17) is 4.42 Å². The monoisotopic (exact) mass is 297 g/mol. The first-order chi connectivity index (χ1) is 9.89. The number of furan rings is 1. The highest BCUT2D eigenvalue weighted by atomic mass is 19.4. The van der Waals surface area contributed by atoms with E-state index in [0.29, 0.717) is 29.7 Å². The van der Waals surface area contributed by atoms with Crippen molar-refractivity contribution in [3.63, 3.8) is 0 Å². The van der Waals surface area contributed by atoms with E-state index in [2.05, 4.69) is 0 Å². The second-order valence-electron chi connectivity index (χ2n) is 5.21. The van der Waals surface area contributed by atoms with E-state index in [0.717, 1.165) is 10.3 Å². The second kappa shape index (κ2) is 4.79. The van der Waals surface area contributed by atoms with Gasteiger partial charge in [-0.2, -0.15) is 13.2 Å². The van der Waals surface area contributed by atoms with E-state index in [-0.39, 0.29) is 6.54 Å². The van der Waals surface area contributed by atoms with Gasteiger partial charge in [0.05, 0.1) is 6.04 Å². The highest BCUT2D eigenvalue weighted by molar-refractivity contribution is 5.86. The smallest absolute Gasteiger partial charge is 0.461 e. The SMILES string of the molecule is CC1c2c(oc3ccccc23)CCCN1C(=O)C(F)(F)F. The van der Waals surface area contributed by atoms with Crippen LogP contribution in [0.5, 0.6) is 0 Å². The van der Waals surface area contributed by atoms with Crippen LogP contribution in [-0.2, 0) is 11.2 Å². The van der Waals surface area contributed by atoms with Gasteiger partial charge in [-0.25, -0.2) is 0 Å². The first kappa shape index (κ1) is 14.0. The number of carbonyl (C=O) groups excluding carboxylic acids is 1. The van der Waals surface area contributed by atoms with Crippen LogP contribution >= 0.6 is 0 Å². The van der Waals surface area contributed by atoms with Gasteiger partial charge in [-0.05, 0) is 19.4 Å².